The number of fused-ring (bicyclic) bond motifs is 1. The van der Waals surface area contributed by atoms with Crippen LogP contribution in [0.5, 0.6) is 0 Å². The summed E-state index contributed by atoms with van der Waals surface area (Å²) >= 11 is 0. The van der Waals surface area contributed by atoms with E-state index < -0.39 is 11.5 Å². The van der Waals surface area contributed by atoms with Crippen LogP contribution >= 0.6 is 0 Å². The Morgan fingerprint density at radius 1 is 1.16 bits per heavy atom. The molecule has 0 bridgehead atoms. The molecule has 1 aromatic carbocycles. The van der Waals surface area contributed by atoms with E-state index >= 15 is 0 Å². The van der Waals surface area contributed by atoms with Crippen molar-refractivity contribution < 1.29 is 9.90 Å². The Kier molecular flexibility index (Phi) is 5.20. The summed E-state index contributed by atoms with van der Waals surface area (Å²) in [6.45, 7) is 0.0411. The zero-order valence-corrected chi connectivity index (χ0v) is 13.6. The highest BCUT2D eigenvalue weighted by atomic mass is 16.3. The van der Waals surface area contributed by atoms with Gasteiger partial charge in [0.05, 0.1) is 6.04 Å². The van der Waals surface area contributed by atoms with Gasteiger partial charge in [-0.3, -0.25) is 14.0 Å². The molecule has 2 heterocycles. The average Bonchev–Trinajstić information content (AvgIpc) is 2.66. The number of aromatic nitrogens is 2. The lowest BCUT2D eigenvalue weighted by molar-refractivity contribution is 0.0930. The first-order chi connectivity index (χ1) is 12.2. The van der Waals surface area contributed by atoms with Crippen molar-refractivity contribution in [2.24, 2.45) is 0 Å². The fourth-order valence-electron chi connectivity index (χ4n) is 2.72. The molecule has 3 aromatic rings. The monoisotopic (exact) mass is 337 g/mol. The second kappa shape index (κ2) is 7.72. The van der Waals surface area contributed by atoms with Crippen molar-refractivity contribution in [3.63, 3.8) is 0 Å². The Morgan fingerprint density at radius 2 is 1.92 bits per heavy atom. The van der Waals surface area contributed by atoms with E-state index in [1.807, 2.05) is 30.3 Å². The molecule has 0 spiro atoms. The van der Waals surface area contributed by atoms with E-state index in [9.17, 15) is 9.59 Å². The largest absolute Gasteiger partial charge is 0.396 e. The molecular formula is C19H19N3O3. The van der Waals surface area contributed by atoms with Gasteiger partial charge in [0.25, 0.3) is 11.5 Å². The van der Waals surface area contributed by atoms with Gasteiger partial charge in [-0.05, 0) is 30.5 Å². The summed E-state index contributed by atoms with van der Waals surface area (Å²) in [5, 5.41) is 12.0. The van der Waals surface area contributed by atoms with Crippen LogP contribution in [0, 0.1) is 0 Å². The zero-order chi connectivity index (χ0) is 17.6. The van der Waals surface area contributed by atoms with Crippen molar-refractivity contribution >= 4 is 11.6 Å². The van der Waals surface area contributed by atoms with Crippen molar-refractivity contribution in [3.05, 3.63) is 82.4 Å². The number of amides is 1. The number of aliphatic hydroxyl groups excluding tert-OH is 1. The summed E-state index contributed by atoms with van der Waals surface area (Å²) in [6, 6.07) is 14.4. The molecule has 25 heavy (non-hydrogen) atoms. The van der Waals surface area contributed by atoms with Gasteiger partial charge in [0.1, 0.15) is 11.2 Å². The van der Waals surface area contributed by atoms with Crippen LogP contribution < -0.4 is 10.9 Å². The predicted molar refractivity (Wildman–Crippen MR) is 94.4 cm³/mol. The minimum Gasteiger partial charge on any atom is -0.396 e. The van der Waals surface area contributed by atoms with Gasteiger partial charge in [-0.25, -0.2) is 4.98 Å². The second-order valence-corrected chi connectivity index (χ2v) is 5.71. The summed E-state index contributed by atoms with van der Waals surface area (Å²) in [4.78, 5) is 29.3. The highest BCUT2D eigenvalue weighted by Gasteiger charge is 2.18. The lowest BCUT2D eigenvalue weighted by Gasteiger charge is -2.19. The highest BCUT2D eigenvalue weighted by Crippen LogP contribution is 2.18. The van der Waals surface area contributed by atoms with E-state index in [4.69, 9.17) is 5.11 Å². The van der Waals surface area contributed by atoms with Crippen LogP contribution in [0.1, 0.15) is 34.8 Å². The molecule has 0 saturated heterocycles. The number of benzene rings is 1. The molecule has 128 valence electrons. The fourth-order valence-corrected chi connectivity index (χ4v) is 2.72. The summed E-state index contributed by atoms with van der Waals surface area (Å²) in [7, 11) is 0. The zero-order valence-electron chi connectivity index (χ0n) is 13.6. The van der Waals surface area contributed by atoms with Crippen LogP contribution in [-0.2, 0) is 0 Å². The molecular weight excluding hydrogens is 318 g/mol. The maximum Gasteiger partial charge on any atom is 0.270 e. The third kappa shape index (κ3) is 3.75. The van der Waals surface area contributed by atoms with Crippen molar-refractivity contribution in [1.82, 2.24) is 14.7 Å². The first-order valence-corrected chi connectivity index (χ1v) is 8.14. The summed E-state index contributed by atoms with van der Waals surface area (Å²) in [5.41, 5.74) is 1.01. The first kappa shape index (κ1) is 16.9. The number of nitrogens with one attached hydrogen (secondary N) is 1. The lowest BCUT2D eigenvalue weighted by atomic mass is 10.0. The van der Waals surface area contributed by atoms with Crippen LogP contribution in [0.4, 0.5) is 0 Å². The van der Waals surface area contributed by atoms with Gasteiger partial charge in [0, 0.05) is 19.0 Å². The Labute approximate surface area is 144 Å². The summed E-state index contributed by atoms with van der Waals surface area (Å²) in [5.74, 6) is -0.470. The number of hydrogen-bond acceptors (Lipinski definition) is 4. The van der Waals surface area contributed by atoms with Gasteiger partial charge in [-0.15, -0.1) is 0 Å². The van der Waals surface area contributed by atoms with E-state index in [1.54, 1.807) is 24.4 Å². The van der Waals surface area contributed by atoms with E-state index in [-0.39, 0.29) is 18.2 Å². The molecule has 2 N–H and O–H groups in total. The van der Waals surface area contributed by atoms with Crippen LogP contribution in [-0.4, -0.2) is 27.0 Å². The van der Waals surface area contributed by atoms with E-state index in [1.165, 1.54) is 10.6 Å². The molecule has 0 radical (unpaired) electrons. The number of rotatable bonds is 6. The number of hydrogen-bond donors (Lipinski definition) is 2. The Balaban J connectivity index is 1.89. The van der Waals surface area contributed by atoms with Gasteiger partial charge >= 0.3 is 0 Å². The third-order valence-electron chi connectivity index (χ3n) is 4.02. The molecule has 1 atom stereocenters. The van der Waals surface area contributed by atoms with Gasteiger partial charge in [-0.2, -0.15) is 0 Å². The molecule has 3 rings (SSSR count). The maximum atomic E-state index is 12.6. The number of pyridine rings is 1. The average molecular weight is 337 g/mol. The quantitative estimate of drug-likeness (QED) is 0.720. The second-order valence-electron chi connectivity index (χ2n) is 5.71. The molecule has 1 unspecified atom stereocenters. The van der Waals surface area contributed by atoms with Gasteiger partial charge < -0.3 is 10.4 Å². The van der Waals surface area contributed by atoms with Crippen LogP contribution in [0.15, 0.2) is 65.7 Å². The van der Waals surface area contributed by atoms with Crippen LogP contribution in [0.25, 0.3) is 5.65 Å². The number of carbonyl (C=O) groups excluding carboxylic acids is 1. The Morgan fingerprint density at radius 3 is 2.68 bits per heavy atom. The summed E-state index contributed by atoms with van der Waals surface area (Å²) in [6.07, 6.45) is 4.02. The Bertz CT molecular complexity index is 922. The molecule has 0 aliphatic heterocycles. The SMILES string of the molecule is O=C(NC(CCCO)c1ccccc1)c1cnc2ccccn2c1=O. The summed E-state index contributed by atoms with van der Waals surface area (Å²) < 4.78 is 1.35. The van der Waals surface area contributed by atoms with Crippen molar-refractivity contribution in [1.29, 1.82) is 0 Å². The van der Waals surface area contributed by atoms with Crippen molar-refractivity contribution in [2.45, 2.75) is 18.9 Å². The molecule has 0 fully saturated rings. The van der Waals surface area contributed by atoms with E-state index in [2.05, 4.69) is 10.3 Å². The Hall–Kier alpha value is -2.99. The van der Waals surface area contributed by atoms with Gasteiger partial charge in [-0.1, -0.05) is 36.4 Å². The lowest BCUT2D eigenvalue weighted by Crippen LogP contribution is -2.34. The third-order valence-corrected chi connectivity index (χ3v) is 4.02. The number of carbonyl (C=O) groups is 1. The van der Waals surface area contributed by atoms with E-state index in [0.717, 1.165) is 5.56 Å². The molecule has 0 aliphatic rings. The molecule has 6 nitrogen and oxygen atoms in total. The maximum absolute atomic E-state index is 12.6. The van der Waals surface area contributed by atoms with Crippen LogP contribution in [0.3, 0.4) is 0 Å². The van der Waals surface area contributed by atoms with Crippen molar-refractivity contribution in [2.75, 3.05) is 6.61 Å². The molecule has 2 aromatic heterocycles. The minimum atomic E-state index is -0.470. The molecule has 0 saturated carbocycles. The van der Waals surface area contributed by atoms with Gasteiger partial charge in [0.2, 0.25) is 0 Å². The predicted octanol–water partition coefficient (Wildman–Crippen LogP) is 1.94. The minimum absolute atomic E-state index is 0.00590. The van der Waals surface area contributed by atoms with Crippen molar-refractivity contribution in [3.8, 4) is 0 Å². The normalized spacial score (nSPS) is 12.0. The fraction of sp³-hybridized carbons (Fsp3) is 0.211. The first-order valence-electron chi connectivity index (χ1n) is 8.14. The molecule has 0 aliphatic carbocycles. The van der Waals surface area contributed by atoms with Crippen LogP contribution in [0.2, 0.25) is 0 Å². The van der Waals surface area contributed by atoms with Gasteiger partial charge in [0.15, 0.2) is 0 Å². The molecule has 1 amide bonds. The standard InChI is InChI=1S/C19H19N3O3/c23-12-6-9-16(14-7-2-1-3-8-14)21-18(24)15-13-20-17-10-4-5-11-22(17)19(15)25/h1-5,7-8,10-11,13,16,23H,6,9,12H2,(H,21,24). The highest BCUT2D eigenvalue weighted by molar-refractivity contribution is 5.94. The smallest absolute Gasteiger partial charge is 0.270 e. The number of aliphatic hydroxyl groups is 1. The van der Waals surface area contributed by atoms with E-state index in [0.29, 0.717) is 18.5 Å². The topological polar surface area (TPSA) is 83.7 Å². The number of nitrogens with zero attached hydrogens (tertiary/aromatic N) is 2. The molecule has 6 heteroatoms.